The van der Waals surface area contributed by atoms with Gasteiger partial charge < -0.3 is 24.3 Å². The number of methoxy groups -OCH3 is 2. The van der Waals surface area contributed by atoms with E-state index in [2.05, 4.69) is 10.3 Å². The van der Waals surface area contributed by atoms with E-state index in [0.717, 1.165) is 11.8 Å². The first-order valence-electron chi connectivity index (χ1n) is 12.0. The average Bonchev–Trinajstić information content (AvgIpc) is 2.92. The van der Waals surface area contributed by atoms with Crippen LogP contribution in [0.2, 0.25) is 0 Å². The van der Waals surface area contributed by atoms with Gasteiger partial charge in [0.25, 0.3) is 21.8 Å². The summed E-state index contributed by atoms with van der Waals surface area (Å²) < 4.78 is 47.4. The number of benzene rings is 2. The lowest BCUT2D eigenvalue weighted by Gasteiger charge is -2.10. The summed E-state index contributed by atoms with van der Waals surface area (Å²) in [5.41, 5.74) is 1.12. The molecule has 0 bridgehead atoms. The zero-order valence-corrected chi connectivity index (χ0v) is 23.1. The van der Waals surface area contributed by atoms with E-state index < -0.39 is 22.1 Å². The summed E-state index contributed by atoms with van der Waals surface area (Å²) in [6.45, 7) is 3.61. The number of nitrogens with zero attached hydrogens (tertiary/aromatic N) is 1. The van der Waals surface area contributed by atoms with Gasteiger partial charge in [0.05, 0.1) is 30.8 Å². The van der Waals surface area contributed by atoms with Crippen molar-refractivity contribution in [2.45, 2.75) is 31.3 Å². The van der Waals surface area contributed by atoms with Gasteiger partial charge in [-0.1, -0.05) is 12.1 Å². The van der Waals surface area contributed by atoms with E-state index in [-0.39, 0.29) is 28.4 Å². The Labute approximate surface area is 231 Å². The minimum atomic E-state index is -4.17. The van der Waals surface area contributed by atoms with Crippen LogP contribution in [0.3, 0.4) is 0 Å². The third-order valence-corrected chi connectivity index (χ3v) is 6.67. The van der Waals surface area contributed by atoms with Crippen molar-refractivity contribution in [3.8, 4) is 17.4 Å². The Morgan fingerprint density at radius 3 is 2.15 bits per heavy atom. The number of ether oxygens (including phenoxy) is 4. The monoisotopic (exact) mass is 571 g/mol. The van der Waals surface area contributed by atoms with Gasteiger partial charge in [-0.15, -0.1) is 0 Å². The molecule has 2 N–H and O–H groups in total. The molecule has 0 unspecified atom stereocenters. The molecule has 1 heterocycles. The number of sulfonamides is 1. The number of carbonyl (C=O) groups excluding carboxylic acids is 3. The predicted octanol–water partition coefficient (Wildman–Crippen LogP) is 3.11. The molecule has 0 aliphatic carbocycles. The molecular weight excluding hydrogens is 542 g/mol. The standard InChI is InChI=1S/C27H29N3O9S/c1-17(2)38-27(33)39-24-12-8-20(16-29-24)26(32)30-40(34,35)21-9-5-18(6-10-21)13-14-28-25(31)19-7-11-22(36-3)23(15-19)37-4/h5-12,15-17H,13-14H2,1-4H3,(H,28,31)(H,30,32). The first-order chi connectivity index (χ1) is 19.0. The molecule has 2 amide bonds. The molecule has 0 aliphatic heterocycles. The number of nitrogens with one attached hydrogen (secondary N) is 2. The second-order valence-corrected chi connectivity index (χ2v) is 10.2. The molecule has 0 saturated carbocycles. The molecule has 0 atom stereocenters. The molecule has 0 aliphatic rings. The molecule has 1 aromatic heterocycles. The number of pyridine rings is 1. The van der Waals surface area contributed by atoms with Crippen molar-refractivity contribution in [2.24, 2.45) is 0 Å². The zero-order valence-electron chi connectivity index (χ0n) is 22.3. The summed E-state index contributed by atoms with van der Waals surface area (Å²) in [5.74, 6) is -0.376. The lowest BCUT2D eigenvalue weighted by Crippen LogP contribution is -2.30. The van der Waals surface area contributed by atoms with Gasteiger partial charge in [-0.2, -0.15) is 0 Å². The average molecular weight is 572 g/mol. The van der Waals surface area contributed by atoms with Crippen LogP contribution in [0.25, 0.3) is 0 Å². The van der Waals surface area contributed by atoms with Crippen LogP contribution in [-0.2, 0) is 21.2 Å². The molecule has 3 aromatic rings. The molecule has 2 aromatic carbocycles. The summed E-state index contributed by atoms with van der Waals surface area (Å²) in [7, 11) is -1.19. The van der Waals surface area contributed by atoms with Gasteiger partial charge in [0.15, 0.2) is 11.5 Å². The molecule has 12 nitrogen and oxygen atoms in total. The van der Waals surface area contributed by atoms with Crippen molar-refractivity contribution >= 4 is 28.0 Å². The highest BCUT2D eigenvalue weighted by Crippen LogP contribution is 2.27. The summed E-state index contributed by atoms with van der Waals surface area (Å²) >= 11 is 0. The first kappa shape index (κ1) is 29.9. The highest BCUT2D eigenvalue weighted by molar-refractivity contribution is 7.90. The zero-order chi connectivity index (χ0) is 29.3. The van der Waals surface area contributed by atoms with Gasteiger partial charge in [-0.05, 0) is 62.2 Å². The number of carbonyl (C=O) groups is 3. The van der Waals surface area contributed by atoms with Crippen LogP contribution in [0.5, 0.6) is 17.4 Å². The topological polar surface area (TPSA) is 159 Å². The molecule has 0 spiro atoms. The number of aromatic nitrogens is 1. The molecule has 0 radical (unpaired) electrons. The minimum absolute atomic E-state index is 0.0602. The van der Waals surface area contributed by atoms with Crippen molar-refractivity contribution in [3.05, 3.63) is 77.5 Å². The Morgan fingerprint density at radius 1 is 0.875 bits per heavy atom. The maximum absolute atomic E-state index is 12.7. The smallest absolute Gasteiger partial charge is 0.493 e. The normalized spacial score (nSPS) is 10.9. The van der Waals surface area contributed by atoms with E-state index in [9.17, 15) is 22.8 Å². The number of rotatable bonds is 11. The first-order valence-corrected chi connectivity index (χ1v) is 13.5. The Hall–Kier alpha value is -4.65. The van der Waals surface area contributed by atoms with Crippen molar-refractivity contribution in [3.63, 3.8) is 0 Å². The highest BCUT2D eigenvalue weighted by atomic mass is 32.2. The fourth-order valence-electron chi connectivity index (χ4n) is 3.35. The summed E-state index contributed by atoms with van der Waals surface area (Å²) in [6, 6.07) is 13.2. The van der Waals surface area contributed by atoms with Gasteiger partial charge in [-0.3, -0.25) is 9.59 Å². The van der Waals surface area contributed by atoms with Crippen LogP contribution in [0.4, 0.5) is 4.79 Å². The second-order valence-electron chi connectivity index (χ2n) is 8.56. The Kier molecular flexibility index (Phi) is 10.0. The Bertz CT molecular complexity index is 1460. The van der Waals surface area contributed by atoms with Crippen molar-refractivity contribution in [1.29, 1.82) is 0 Å². The van der Waals surface area contributed by atoms with Gasteiger partial charge >= 0.3 is 6.16 Å². The van der Waals surface area contributed by atoms with Crippen molar-refractivity contribution < 1.29 is 41.7 Å². The molecule has 212 valence electrons. The molecule has 0 saturated heterocycles. The largest absolute Gasteiger partial charge is 0.515 e. The van der Waals surface area contributed by atoms with Crippen LogP contribution >= 0.6 is 0 Å². The predicted molar refractivity (Wildman–Crippen MR) is 143 cm³/mol. The van der Waals surface area contributed by atoms with Crippen LogP contribution in [-0.4, -0.2) is 58.2 Å². The molecule has 0 fully saturated rings. The summed E-state index contributed by atoms with van der Waals surface area (Å²) in [5, 5.41) is 2.80. The van der Waals surface area contributed by atoms with Crippen molar-refractivity contribution in [1.82, 2.24) is 15.0 Å². The van der Waals surface area contributed by atoms with Gasteiger partial charge in [0, 0.05) is 24.4 Å². The lowest BCUT2D eigenvalue weighted by atomic mass is 10.1. The lowest BCUT2D eigenvalue weighted by molar-refractivity contribution is 0.0715. The highest BCUT2D eigenvalue weighted by Gasteiger charge is 2.20. The minimum Gasteiger partial charge on any atom is -0.493 e. The Balaban J connectivity index is 1.53. The van der Waals surface area contributed by atoms with E-state index in [1.165, 1.54) is 38.5 Å². The van der Waals surface area contributed by atoms with E-state index in [4.69, 9.17) is 18.9 Å². The second kappa shape index (κ2) is 13.4. The van der Waals surface area contributed by atoms with E-state index in [0.29, 0.717) is 30.0 Å². The summed E-state index contributed by atoms with van der Waals surface area (Å²) in [6.07, 6.45) is 0.178. The van der Waals surface area contributed by atoms with E-state index in [1.54, 1.807) is 44.2 Å². The number of hydrogen-bond donors (Lipinski definition) is 2. The van der Waals surface area contributed by atoms with Crippen LogP contribution in [0, 0.1) is 0 Å². The van der Waals surface area contributed by atoms with E-state index in [1.807, 2.05) is 4.72 Å². The quantitative estimate of drug-likeness (QED) is 0.327. The van der Waals surface area contributed by atoms with Crippen LogP contribution in [0.15, 0.2) is 65.7 Å². The maximum Gasteiger partial charge on any atom is 0.515 e. The number of amides is 2. The summed E-state index contributed by atoms with van der Waals surface area (Å²) in [4.78, 5) is 40.1. The Morgan fingerprint density at radius 2 is 1.55 bits per heavy atom. The van der Waals surface area contributed by atoms with Gasteiger partial charge in [0.2, 0.25) is 5.88 Å². The molecule has 13 heteroatoms. The fourth-order valence-corrected chi connectivity index (χ4v) is 4.33. The van der Waals surface area contributed by atoms with Gasteiger partial charge in [0.1, 0.15) is 0 Å². The number of hydrogen-bond acceptors (Lipinski definition) is 10. The van der Waals surface area contributed by atoms with Crippen LogP contribution < -0.4 is 24.2 Å². The third-order valence-electron chi connectivity index (χ3n) is 5.32. The van der Waals surface area contributed by atoms with Crippen molar-refractivity contribution in [2.75, 3.05) is 20.8 Å². The molecule has 40 heavy (non-hydrogen) atoms. The SMILES string of the molecule is COc1ccc(C(=O)NCCc2ccc(S(=O)(=O)NC(=O)c3ccc(OC(=O)OC(C)C)nc3)cc2)cc1OC. The third kappa shape index (κ3) is 8.17. The van der Waals surface area contributed by atoms with E-state index >= 15 is 0 Å². The van der Waals surface area contributed by atoms with Crippen LogP contribution in [0.1, 0.15) is 40.1 Å². The molecule has 3 rings (SSSR count). The van der Waals surface area contributed by atoms with Gasteiger partial charge in [-0.25, -0.2) is 22.9 Å². The maximum atomic E-state index is 12.7. The fraction of sp³-hybridized carbons (Fsp3) is 0.259. The molecular formula is C27H29N3O9S.